The zero-order valence-electron chi connectivity index (χ0n) is 16.6. The van der Waals surface area contributed by atoms with E-state index in [1.807, 2.05) is 13.8 Å². The molecule has 0 radical (unpaired) electrons. The number of alkyl halides is 1. The van der Waals surface area contributed by atoms with Crippen molar-refractivity contribution in [1.29, 1.82) is 0 Å². The maximum absolute atomic E-state index is 15.1. The van der Waals surface area contributed by atoms with E-state index in [0.717, 1.165) is 11.3 Å². The van der Waals surface area contributed by atoms with Crippen LogP contribution in [0.2, 0.25) is 0 Å². The van der Waals surface area contributed by atoms with Crippen LogP contribution < -0.4 is 9.47 Å². The van der Waals surface area contributed by atoms with E-state index >= 15 is 4.39 Å². The molecule has 0 amide bonds. The summed E-state index contributed by atoms with van der Waals surface area (Å²) in [5.41, 5.74) is -0.188. The van der Waals surface area contributed by atoms with Crippen LogP contribution in [0.1, 0.15) is 36.9 Å². The zero-order valence-corrected chi connectivity index (χ0v) is 19.0. The molecule has 5 nitrogen and oxygen atoms in total. The molecule has 8 heteroatoms. The summed E-state index contributed by atoms with van der Waals surface area (Å²) in [6.45, 7) is 5.91. The number of esters is 1. The maximum Gasteiger partial charge on any atom is 0.308 e. The van der Waals surface area contributed by atoms with E-state index in [-0.39, 0.29) is 29.1 Å². The first-order valence-corrected chi connectivity index (χ1v) is 10.7. The van der Waals surface area contributed by atoms with Gasteiger partial charge in [-0.3, -0.25) is 9.59 Å². The number of hydrogen-bond acceptors (Lipinski definition) is 6. The first-order chi connectivity index (χ1) is 13.1. The molecule has 1 atom stereocenters. The van der Waals surface area contributed by atoms with Crippen LogP contribution in [0.3, 0.4) is 0 Å². The second-order valence-electron chi connectivity index (χ2n) is 7.38. The van der Waals surface area contributed by atoms with Crippen molar-refractivity contribution >= 4 is 49.1 Å². The number of benzene rings is 1. The Kier molecular flexibility index (Phi) is 7.45. The van der Waals surface area contributed by atoms with Crippen molar-refractivity contribution < 1.29 is 28.2 Å². The number of carbonyl (C=O) groups excluding carboxylic acids is 2. The van der Waals surface area contributed by atoms with Gasteiger partial charge in [-0.1, -0.05) is 36.7 Å². The third-order valence-electron chi connectivity index (χ3n) is 4.24. The molecule has 0 fully saturated rings. The number of methoxy groups -OCH3 is 2. The van der Waals surface area contributed by atoms with E-state index in [9.17, 15) is 9.59 Å². The first kappa shape index (κ1) is 22.6. The fourth-order valence-electron chi connectivity index (χ4n) is 2.49. The van der Waals surface area contributed by atoms with Gasteiger partial charge in [-0.15, -0.1) is 11.3 Å². The molecule has 1 unspecified atom stereocenters. The van der Waals surface area contributed by atoms with Crippen LogP contribution in [0.4, 0.5) is 4.39 Å². The Labute approximate surface area is 176 Å². The van der Waals surface area contributed by atoms with Crippen molar-refractivity contribution in [1.82, 2.24) is 0 Å². The molecule has 1 heterocycles. The monoisotopic (exact) mass is 474 g/mol. The van der Waals surface area contributed by atoms with Crippen LogP contribution >= 0.6 is 27.3 Å². The minimum Gasteiger partial charge on any atom is -0.493 e. The van der Waals surface area contributed by atoms with Crippen LogP contribution in [0.15, 0.2) is 12.1 Å². The lowest BCUT2D eigenvalue weighted by molar-refractivity contribution is -0.144. The quantitative estimate of drug-likeness (QED) is 0.282. The number of Topliss-reactive ketones (excluding diaryl/α,β-unsaturated/α-hetero) is 1. The van der Waals surface area contributed by atoms with E-state index in [4.69, 9.17) is 9.47 Å². The molecule has 0 saturated heterocycles. The molecule has 0 aliphatic carbocycles. The summed E-state index contributed by atoms with van der Waals surface area (Å²) < 4.78 is 31.4. The van der Waals surface area contributed by atoms with Crippen LogP contribution in [0.25, 0.3) is 10.1 Å². The van der Waals surface area contributed by atoms with E-state index in [1.54, 1.807) is 13.0 Å². The van der Waals surface area contributed by atoms with Crippen molar-refractivity contribution in [3.8, 4) is 11.5 Å². The number of ether oxygens (including phenoxy) is 3. The molecule has 2 aromatic rings. The molecule has 2 rings (SSSR count). The fraction of sp³-hybridized carbons (Fsp3) is 0.500. The van der Waals surface area contributed by atoms with Gasteiger partial charge in [-0.05, 0) is 6.07 Å². The number of thiophene rings is 1. The van der Waals surface area contributed by atoms with E-state index < -0.39 is 17.7 Å². The third kappa shape index (κ3) is 5.03. The predicted molar refractivity (Wildman–Crippen MR) is 112 cm³/mol. The summed E-state index contributed by atoms with van der Waals surface area (Å²) in [6, 6.07) is 3.17. The smallest absolute Gasteiger partial charge is 0.308 e. The molecule has 1 aromatic carbocycles. The SMILES string of the molecule is COC(=O)C(C)CC(=O)c1cc2c(F)c(OCC(C)(C)CBr)c(OC)cc2s1. The van der Waals surface area contributed by atoms with Gasteiger partial charge in [0.1, 0.15) is 0 Å². The van der Waals surface area contributed by atoms with Gasteiger partial charge < -0.3 is 14.2 Å². The molecule has 0 bridgehead atoms. The summed E-state index contributed by atoms with van der Waals surface area (Å²) >= 11 is 4.58. The molecular formula is C20H24BrFO5S. The average molecular weight is 475 g/mol. The van der Waals surface area contributed by atoms with E-state index in [2.05, 4.69) is 20.7 Å². The van der Waals surface area contributed by atoms with Crippen molar-refractivity contribution in [2.75, 3.05) is 26.2 Å². The fourth-order valence-corrected chi connectivity index (χ4v) is 3.69. The molecule has 28 heavy (non-hydrogen) atoms. The van der Waals surface area contributed by atoms with Crippen LogP contribution in [0, 0.1) is 17.2 Å². The molecule has 0 spiro atoms. The minimum atomic E-state index is -0.563. The van der Waals surface area contributed by atoms with Crippen molar-refractivity contribution in [3.05, 3.63) is 22.8 Å². The molecule has 0 aliphatic heterocycles. The largest absolute Gasteiger partial charge is 0.493 e. The molecule has 0 saturated carbocycles. The van der Waals surface area contributed by atoms with Gasteiger partial charge in [0.15, 0.2) is 23.1 Å². The van der Waals surface area contributed by atoms with Crippen LogP contribution in [-0.4, -0.2) is 37.9 Å². The number of ketones is 1. The van der Waals surface area contributed by atoms with Crippen molar-refractivity contribution in [2.24, 2.45) is 11.3 Å². The molecule has 0 N–H and O–H groups in total. The highest BCUT2D eigenvalue weighted by molar-refractivity contribution is 9.09. The van der Waals surface area contributed by atoms with Crippen LogP contribution in [0.5, 0.6) is 11.5 Å². The maximum atomic E-state index is 15.1. The number of fused-ring (bicyclic) bond motifs is 1. The average Bonchev–Trinajstić information content (AvgIpc) is 3.10. The summed E-state index contributed by atoms with van der Waals surface area (Å²) in [4.78, 5) is 24.4. The summed E-state index contributed by atoms with van der Waals surface area (Å²) in [6.07, 6.45) is 0.00104. The van der Waals surface area contributed by atoms with Crippen molar-refractivity contribution in [3.63, 3.8) is 0 Å². The Hall–Kier alpha value is -1.67. The lowest BCUT2D eigenvalue weighted by Gasteiger charge is -2.22. The Balaban J connectivity index is 2.36. The highest BCUT2D eigenvalue weighted by Crippen LogP contribution is 2.41. The number of halogens is 2. The first-order valence-electron chi connectivity index (χ1n) is 8.73. The van der Waals surface area contributed by atoms with Crippen molar-refractivity contribution in [2.45, 2.75) is 27.2 Å². The third-order valence-corrected chi connectivity index (χ3v) is 6.88. The van der Waals surface area contributed by atoms with Gasteiger partial charge >= 0.3 is 5.97 Å². The lowest BCUT2D eigenvalue weighted by atomic mass is 9.98. The molecular weight excluding hydrogens is 451 g/mol. The zero-order chi connectivity index (χ0) is 21.1. The molecule has 154 valence electrons. The molecule has 1 aromatic heterocycles. The Bertz CT molecular complexity index is 877. The van der Waals surface area contributed by atoms with Gasteiger partial charge in [0.05, 0.1) is 31.6 Å². The predicted octanol–water partition coefficient (Wildman–Crippen LogP) is 5.23. The summed E-state index contributed by atoms with van der Waals surface area (Å²) in [5, 5.41) is 0.994. The number of hydrogen-bond donors (Lipinski definition) is 0. The topological polar surface area (TPSA) is 61.8 Å². The normalized spacial score (nSPS) is 12.7. The van der Waals surface area contributed by atoms with Gasteiger partial charge in [-0.25, -0.2) is 4.39 Å². The number of rotatable bonds is 9. The highest BCUT2D eigenvalue weighted by Gasteiger charge is 2.25. The van der Waals surface area contributed by atoms with E-state index in [1.165, 1.54) is 20.3 Å². The Morgan fingerprint density at radius 2 is 1.96 bits per heavy atom. The standard InChI is InChI=1S/C20H24BrFO5S/c1-11(19(24)26-5)6-13(23)16-7-12-15(28-16)8-14(25-4)18(17(12)22)27-10-20(2,3)9-21/h7-8,11H,6,9-10H2,1-5H3. The number of carbonyl (C=O) groups is 2. The van der Waals surface area contributed by atoms with Gasteiger partial charge in [-0.2, -0.15) is 0 Å². The summed E-state index contributed by atoms with van der Waals surface area (Å²) in [7, 11) is 2.73. The molecule has 0 aliphatic rings. The lowest BCUT2D eigenvalue weighted by Crippen LogP contribution is -2.23. The minimum absolute atomic E-state index is 0.00104. The van der Waals surface area contributed by atoms with Gasteiger partial charge in [0.2, 0.25) is 0 Å². The second-order valence-corrected chi connectivity index (χ2v) is 9.03. The Morgan fingerprint density at radius 3 is 2.54 bits per heavy atom. The van der Waals surface area contributed by atoms with Crippen LogP contribution in [-0.2, 0) is 9.53 Å². The van der Waals surface area contributed by atoms with Gasteiger partial charge in [0.25, 0.3) is 0 Å². The summed E-state index contributed by atoms with van der Waals surface area (Å²) in [5.74, 6) is -1.50. The highest BCUT2D eigenvalue weighted by atomic mass is 79.9. The van der Waals surface area contributed by atoms with Gasteiger partial charge in [0, 0.05) is 33.3 Å². The second kappa shape index (κ2) is 9.22. The van der Waals surface area contributed by atoms with E-state index in [0.29, 0.717) is 26.9 Å². The Morgan fingerprint density at radius 1 is 1.29 bits per heavy atom.